The van der Waals surface area contributed by atoms with E-state index < -0.39 is 22.0 Å². The summed E-state index contributed by atoms with van der Waals surface area (Å²) in [6.45, 7) is 3.33. The molecule has 0 aliphatic carbocycles. The number of aliphatic hydroxyl groups excluding tert-OH is 1. The Morgan fingerprint density at radius 2 is 1.80 bits per heavy atom. The van der Waals surface area contributed by atoms with Crippen LogP contribution in [0.15, 0.2) is 29.2 Å². The summed E-state index contributed by atoms with van der Waals surface area (Å²) >= 11 is 0. The van der Waals surface area contributed by atoms with Crippen LogP contribution in [-0.4, -0.2) is 37.2 Å². The summed E-state index contributed by atoms with van der Waals surface area (Å²) in [5.41, 5.74) is 0.527. The zero-order valence-electron chi connectivity index (χ0n) is 11.4. The van der Waals surface area contributed by atoms with Crippen LogP contribution in [0.25, 0.3) is 0 Å². The summed E-state index contributed by atoms with van der Waals surface area (Å²) < 4.78 is 26.6. The molecule has 0 saturated carbocycles. The minimum Gasteiger partial charge on any atom is -0.481 e. The number of carboxylic acid groups (broad SMARTS) is 1. The number of hydrogen-bond acceptors (Lipinski definition) is 4. The molecule has 1 atom stereocenters. The number of hydrogen-bond donors (Lipinski definition) is 3. The first-order valence-corrected chi connectivity index (χ1v) is 7.68. The van der Waals surface area contributed by atoms with E-state index in [1.807, 2.05) is 0 Å². The molecular formula is C13H19NO5S. The van der Waals surface area contributed by atoms with E-state index in [1.54, 1.807) is 13.8 Å². The highest BCUT2D eigenvalue weighted by atomic mass is 32.2. The Morgan fingerprint density at radius 1 is 1.25 bits per heavy atom. The fourth-order valence-corrected chi connectivity index (χ4v) is 2.99. The monoisotopic (exact) mass is 301 g/mol. The Hall–Kier alpha value is -1.44. The van der Waals surface area contributed by atoms with Gasteiger partial charge in [-0.2, -0.15) is 0 Å². The first-order chi connectivity index (χ1) is 9.26. The molecule has 0 saturated heterocycles. The maximum Gasteiger partial charge on any atom is 0.307 e. The van der Waals surface area contributed by atoms with Gasteiger partial charge in [0.15, 0.2) is 0 Å². The molecule has 1 aromatic carbocycles. The lowest BCUT2D eigenvalue weighted by atomic mass is 10.1. The van der Waals surface area contributed by atoms with E-state index in [2.05, 4.69) is 4.72 Å². The van der Waals surface area contributed by atoms with Crippen molar-refractivity contribution in [2.24, 2.45) is 5.92 Å². The second-order valence-corrected chi connectivity index (χ2v) is 6.58. The molecule has 20 heavy (non-hydrogen) atoms. The molecule has 0 bridgehead atoms. The topological polar surface area (TPSA) is 104 Å². The highest BCUT2D eigenvalue weighted by Gasteiger charge is 2.21. The molecule has 0 radical (unpaired) electrons. The Morgan fingerprint density at radius 3 is 2.20 bits per heavy atom. The minimum atomic E-state index is -3.72. The molecule has 7 heteroatoms. The van der Waals surface area contributed by atoms with Gasteiger partial charge >= 0.3 is 5.97 Å². The van der Waals surface area contributed by atoms with Gasteiger partial charge in [-0.15, -0.1) is 0 Å². The second-order valence-electron chi connectivity index (χ2n) is 4.87. The van der Waals surface area contributed by atoms with Crippen LogP contribution in [0.5, 0.6) is 0 Å². The van der Waals surface area contributed by atoms with Gasteiger partial charge < -0.3 is 10.2 Å². The average Bonchev–Trinajstić information content (AvgIpc) is 2.35. The second kappa shape index (κ2) is 6.83. The van der Waals surface area contributed by atoms with Gasteiger partial charge in [-0.1, -0.05) is 26.0 Å². The molecule has 3 N–H and O–H groups in total. The van der Waals surface area contributed by atoms with Crippen LogP contribution in [-0.2, 0) is 21.2 Å². The van der Waals surface area contributed by atoms with Crippen molar-refractivity contribution in [3.63, 3.8) is 0 Å². The largest absolute Gasteiger partial charge is 0.481 e. The normalized spacial score (nSPS) is 13.4. The molecule has 0 unspecified atom stereocenters. The van der Waals surface area contributed by atoms with Crippen molar-refractivity contribution in [1.29, 1.82) is 0 Å². The van der Waals surface area contributed by atoms with E-state index in [-0.39, 0.29) is 23.8 Å². The first kappa shape index (κ1) is 16.6. The van der Waals surface area contributed by atoms with Crippen molar-refractivity contribution in [2.45, 2.75) is 31.2 Å². The predicted octanol–water partition coefficient (Wildman–Crippen LogP) is 0.609. The van der Waals surface area contributed by atoms with Crippen LogP contribution < -0.4 is 4.72 Å². The van der Waals surface area contributed by atoms with Crippen molar-refractivity contribution in [1.82, 2.24) is 4.72 Å². The van der Waals surface area contributed by atoms with E-state index in [0.717, 1.165) is 0 Å². The number of benzene rings is 1. The standard InChI is InChI=1S/C13H19NO5S/c1-9(2)12(8-15)14-20(18,19)11-5-3-10(4-6-11)7-13(16)17/h3-6,9,12,14-15H,7-8H2,1-2H3,(H,16,17)/t12-/m1/s1. The molecule has 0 aliphatic heterocycles. The van der Waals surface area contributed by atoms with Crippen molar-refractivity contribution >= 4 is 16.0 Å². The number of aliphatic carboxylic acids is 1. The van der Waals surface area contributed by atoms with Crippen molar-refractivity contribution in [3.05, 3.63) is 29.8 Å². The summed E-state index contributed by atoms with van der Waals surface area (Å²) in [6, 6.07) is 5.08. The molecular weight excluding hydrogens is 282 g/mol. The van der Waals surface area contributed by atoms with Gasteiger partial charge in [0.2, 0.25) is 10.0 Å². The average molecular weight is 301 g/mol. The first-order valence-electron chi connectivity index (χ1n) is 6.20. The Kier molecular flexibility index (Phi) is 5.67. The zero-order valence-corrected chi connectivity index (χ0v) is 12.2. The zero-order chi connectivity index (χ0) is 15.3. The third-order valence-corrected chi connectivity index (χ3v) is 4.40. The quantitative estimate of drug-likeness (QED) is 0.684. The Bertz CT molecular complexity index is 551. The number of rotatable bonds is 7. The molecule has 6 nitrogen and oxygen atoms in total. The molecule has 0 amide bonds. The van der Waals surface area contributed by atoms with E-state index in [4.69, 9.17) is 10.2 Å². The highest BCUT2D eigenvalue weighted by molar-refractivity contribution is 7.89. The SMILES string of the molecule is CC(C)[C@@H](CO)NS(=O)(=O)c1ccc(CC(=O)O)cc1. The number of aliphatic hydroxyl groups is 1. The number of sulfonamides is 1. The van der Waals surface area contributed by atoms with Crippen molar-refractivity contribution in [3.8, 4) is 0 Å². The van der Waals surface area contributed by atoms with Crippen LogP contribution in [0, 0.1) is 5.92 Å². The number of carboxylic acids is 1. The van der Waals surface area contributed by atoms with Gasteiger partial charge in [-0.3, -0.25) is 4.79 Å². The van der Waals surface area contributed by atoms with Crippen molar-refractivity contribution < 1.29 is 23.4 Å². The van der Waals surface area contributed by atoms with Gasteiger partial charge in [0.05, 0.1) is 17.9 Å². The lowest BCUT2D eigenvalue weighted by Crippen LogP contribution is -2.41. The van der Waals surface area contributed by atoms with Crippen LogP contribution in [0.1, 0.15) is 19.4 Å². The molecule has 0 aliphatic rings. The fraction of sp³-hybridized carbons (Fsp3) is 0.462. The Labute approximate surface area is 118 Å². The van der Waals surface area contributed by atoms with Gasteiger partial charge in [0.25, 0.3) is 0 Å². The van der Waals surface area contributed by atoms with E-state index in [0.29, 0.717) is 5.56 Å². The third kappa shape index (κ3) is 4.59. The van der Waals surface area contributed by atoms with Crippen LogP contribution in [0.2, 0.25) is 0 Å². The molecule has 1 rings (SSSR count). The van der Waals surface area contributed by atoms with E-state index >= 15 is 0 Å². The smallest absolute Gasteiger partial charge is 0.307 e. The summed E-state index contributed by atoms with van der Waals surface area (Å²) in [5.74, 6) is -1.01. The van der Waals surface area contributed by atoms with Gasteiger partial charge in [-0.25, -0.2) is 13.1 Å². The highest BCUT2D eigenvalue weighted by Crippen LogP contribution is 2.13. The maximum absolute atomic E-state index is 12.1. The van der Waals surface area contributed by atoms with E-state index in [9.17, 15) is 13.2 Å². The summed E-state index contributed by atoms with van der Waals surface area (Å²) in [4.78, 5) is 10.6. The number of nitrogens with one attached hydrogen (secondary N) is 1. The molecule has 112 valence electrons. The van der Waals surface area contributed by atoms with Crippen LogP contribution in [0.3, 0.4) is 0 Å². The lowest BCUT2D eigenvalue weighted by molar-refractivity contribution is -0.136. The molecule has 0 heterocycles. The fourth-order valence-electron chi connectivity index (χ4n) is 1.61. The summed E-state index contributed by atoms with van der Waals surface area (Å²) in [7, 11) is -3.72. The molecule has 0 fully saturated rings. The molecule has 1 aromatic rings. The van der Waals surface area contributed by atoms with Crippen molar-refractivity contribution in [2.75, 3.05) is 6.61 Å². The predicted molar refractivity (Wildman–Crippen MR) is 73.8 cm³/mol. The third-order valence-electron chi connectivity index (χ3n) is 2.90. The van der Waals surface area contributed by atoms with Gasteiger partial charge in [-0.05, 0) is 23.6 Å². The summed E-state index contributed by atoms with van der Waals surface area (Å²) in [5, 5.41) is 17.8. The maximum atomic E-state index is 12.1. The van der Waals surface area contributed by atoms with Gasteiger partial charge in [0, 0.05) is 6.04 Å². The molecule has 0 aromatic heterocycles. The molecule has 0 spiro atoms. The minimum absolute atomic E-state index is 0.0407. The summed E-state index contributed by atoms with van der Waals surface area (Å²) in [6.07, 6.45) is -0.154. The van der Waals surface area contributed by atoms with Crippen LogP contribution in [0.4, 0.5) is 0 Å². The Balaban J connectivity index is 2.90. The van der Waals surface area contributed by atoms with E-state index in [1.165, 1.54) is 24.3 Å². The lowest BCUT2D eigenvalue weighted by Gasteiger charge is -2.19. The van der Waals surface area contributed by atoms with Gasteiger partial charge in [0.1, 0.15) is 0 Å². The number of carbonyl (C=O) groups is 1. The van der Waals surface area contributed by atoms with Crippen LogP contribution >= 0.6 is 0 Å².